The number of morpholine rings is 1. The Kier molecular flexibility index (Phi) is 5.77. The Morgan fingerprint density at radius 3 is 2.79 bits per heavy atom. The van der Waals surface area contributed by atoms with Gasteiger partial charge < -0.3 is 10.1 Å². The normalized spacial score (nSPS) is 17.1. The number of hydrogen-bond donors (Lipinski definition) is 1. The van der Waals surface area contributed by atoms with Crippen LogP contribution in [0.1, 0.15) is 20.3 Å². The number of ether oxygens (including phenoxy) is 1. The molecular formula is C17H26N6O. The van der Waals surface area contributed by atoms with Gasteiger partial charge in [-0.15, -0.1) is 0 Å². The van der Waals surface area contributed by atoms with Gasteiger partial charge in [0.25, 0.3) is 0 Å². The summed E-state index contributed by atoms with van der Waals surface area (Å²) in [7, 11) is 0. The van der Waals surface area contributed by atoms with Crippen LogP contribution >= 0.6 is 0 Å². The highest BCUT2D eigenvalue weighted by Crippen LogP contribution is 2.15. The van der Waals surface area contributed by atoms with Gasteiger partial charge >= 0.3 is 0 Å². The van der Waals surface area contributed by atoms with Gasteiger partial charge in [0.15, 0.2) is 0 Å². The van der Waals surface area contributed by atoms with E-state index in [0.29, 0.717) is 12.0 Å². The van der Waals surface area contributed by atoms with Crippen LogP contribution in [0.3, 0.4) is 0 Å². The van der Waals surface area contributed by atoms with Gasteiger partial charge in [0.05, 0.1) is 13.2 Å². The molecule has 0 aliphatic carbocycles. The third-order valence-corrected chi connectivity index (χ3v) is 4.25. The van der Waals surface area contributed by atoms with E-state index in [1.807, 2.05) is 16.8 Å². The van der Waals surface area contributed by atoms with E-state index < -0.39 is 0 Å². The first-order chi connectivity index (χ1) is 11.7. The average molecular weight is 330 g/mol. The summed E-state index contributed by atoms with van der Waals surface area (Å²) in [6.07, 6.45) is 8.10. The third-order valence-electron chi connectivity index (χ3n) is 4.25. The fourth-order valence-corrected chi connectivity index (χ4v) is 3.05. The lowest BCUT2D eigenvalue weighted by atomic mass is 10.0. The van der Waals surface area contributed by atoms with E-state index >= 15 is 0 Å². The standard InChI is InChI=1S/C17H26N6O/c1-14(2)9-15(22-5-7-24-8-6-22)11-19-16-10-17(21-12-20-16)23-4-3-18-13-23/h3-4,10,12-15H,5-9,11H2,1-2H3,(H,19,20,21)/t15-/m1/s1. The number of aromatic nitrogens is 4. The highest BCUT2D eigenvalue weighted by atomic mass is 16.5. The number of anilines is 1. The largest absolute Gasteiger partial charge is 0.379 e. The van der Waals surface area contributed by atoms with Crippen molar-refractivity contribution in [2.75, 3.05) is 38.2 Å². The summed E-state index contributed by atoms with van der Waals surface area (Å²) in [6, 6.07) is 2.44. The topological polar surface area (TPSA) is 68.1 Å². The highest BCUT2D eigenvalue weighted by Gasteiger charge is 2.21. The molecule has 0 unspecified atom stereocenters. The Labute approximate surface area is 143 Å². The number of hydrogen-bond acceptors (Lipinski definition) is 6. The van der Waals surface area contributed by atoms with Crippen LogP contribution in [0.5, 0.6) is 0 Å². The van der Waals surface area contributed by atoms with Crippen LogP contribution in [-0.4, -0.2) is 63.3 Å². The molecule has 130 valence electrons. The second kappa shape index (κ2) is 8.21. The monoisotopic (exact) mass is 330 g/mol. The van der Waals surface area contributed by atoms with Crippen molar-refractivity contribution in [1.29, 1.82) is 0 Å². The lowest BCUT2D eigenvalue weighted by Gasteiger charge is -2.35. The summed E-state index contributed by atoms with van der Waals surface area (Å²) >= 11 is 0. The van der Waals surface area contributed by atoms with Crippen LogP contribution < -0.4 is 5.32 Å². The molecule has 1 aliphatic rings. The molecule has 0 radical (unpaired) electrons. The Morgan fingerprint density at radius 2 is 2.08 bits per heavy atom. The molecule has 1 N–H and O–H groups in total. The zero-order valence-electron chi connectivity index (χ0n) is 14.4. The Morgan fingerprint density at radius 1 is 1.25 bits per heavy atom. The molecule has 3 heterocycles. The Bertz CT molecular complexity index is 609. The van der Waals surface area contributed by atoms with Crippen molar-refractivity contribution in [3.8, 4) is 5.82 Å². The van der Waals surface area contributed by atoms with Gasteiger partial charge in [-0.1, -0.05) is 13.8 Å². The maximum atomic E-state index is 5.48. The van der Waals surface area contributed by atoms with Gasteiger partial charge in [-0.2, -0.15) is 0 Å². The minimum absolute atomic E-state index is 0.487. The molecule has 2 aromatic heterocycles. The van der Waals surface area contributed by atoms with Crippen molar-refractivity contribution in [2.24, 2.45) is 5.92 Å². The SMILES string of the molecule is CC(C)C[C@H](CNc1cc(-n2ccnc2)ncn1)N1CCOCC1. The minimum Gasteiger partial charge on any atom is -0.379 e. The summed E-state index contributed by atoms with van der Waals surface area (Å²) in [4.78, 5) is 15.2. The first-order valence-corrected chi connectivity index (χ1v) is 8.58. The lowest BCUT2D eigenvalue weighted by molar-refractivity contribution is 0.0150. The fourth-order valence-electron chi connectivity index (χ4n) is 3.05. The van der Waals surface area contributed by atoms with Crippen LogP contribution in [0, 0.1) is 5.92 Å². The van der Waals surface area contributed by atoms with Crippen LogP contribution in [0.4, 0.5) is 5.82 Å². The smallest absolute Gasteiger partial charge is 0.143 e. The Hall–Kier alpha value is -1.99. The lowest BCUT2D eigenvalue weighted by Crippen LogP contribution is -2.47. The second-order valence-electron chi connectivity index (χ2n) is 6.54. The van der Waals surface area contributed by atoms with Crippen LogP contribution in [0.25, 0.3) is 5.82 Å². The van der Waals surface area contributed by atoms with Crippen molar-refractivity contribution < 1.29 is 4.74 Å². The first-order valence-electron chi connectivity index (χ1n) is 8.58. The summed E-state index contributed by atoms with van der Waals surface area (Å²) in [5.41, 5.74) is 0. The zero-order chi connectivity index (χ0) is 16.8. The first kappa shape index (κ1) is 16.9. The molecule has 0 spiro atoms. The molecule has 7 nitrogen and oxygen atoms in total. The van der Waals surface area contributed by atoms with Gasteiger partial charge in [-0.25, -0.2) is 15.0 Å². The van der Waals surface area contributed by atoms with Crippen molar-refractivity contribution >= 4 is 5.82 Å². The molecule has 0 aromatic carbocycles. The molecule has 3 rings (SSSR count). The van der Waals surface area contributed by atoms with Crippen LogP contribution in [0.2, 0.25) is 0 Å². The van der Waals surface area contributed by atoms with E-state index in [0.717, 1.165) is 50.9 Å². The van der Waals surface area contributed by atoms with E-state index in [2.05, 4.69) is 39.0 Å². The third kappa shape index (κ3) is 4.52. The van der Waals surface area contributed by atoms with E-state index in [1.165, 1.54) is 0 Å². The fraction of sp³-hybridized carbons (Fsp3) is 0.588. The molecule has 1 atom stereocenters. The number of nitrogens with one attached hydrogen (secondary N) is 1. The summed E-state index contributed by atoms with van der Waals surface area (Å²) in [5.74, 6) is 2.32. The van der Waals surface area contributed by atoms with Crippen molar-refractivity contribution in [3.05, 3.63) is 31.1 Å². The molecule has 0 bridgehead atoms. The van der Waals surface area contributed by atoms with Crippen LogP contribution in [-0.2, 0) is 4.74 Å². The molecule has 7 heteroatoms. The summed E-state index contributed by atoms with van der Waals surface area (Å²) < 4.78 is 7.36. The van der Waals surface area contributed by atoms with E-state index in [9.17, 15) is 0 Å². The predicted octanol–water partition coefficient (Wildman–Crippen LogP) is 1.82. The molecule has 0 amide bonds. The molecule has 1 aliphatic heterocycles. The molecule has 2 aromatic rings. The second-order valence-corrected chi connectivity index (χ2v) is 6.54. The van der Waals surface area contributed by atoms with Crippen molar-refractivity contribution in [2.45, 2.75) is 26.3 Å². The number of imidazole rings is 1. The molecule has 1 fully saturated rings. The van der Waals surface area contributed by atoms with Crippen LogP contribution in [0.15, 0.2) is 31.1 Å². The van der Waals surface area contributed by atoms with Crippen molar-refractivity contribution in [1.82, 2.24) is 24.4 Å². The highest BCUT2D eigenvalue weighted by molar-refractivity contribution is 5.40. The maximum Gasteiger partial charge on any atom is 0.143 e. The summed E-state index contributed by atoms with van der Waals surface area (Å²) in [5, 5.41) is 3.48. The maximum absolute atomic E-state index is 5.48. The van der Waals surface area contributed by atoms with Gasteiger partial charge in [0.2, 0.25) is 0 Å². The predicted molar refractivity (Wildman–Crippen MR) is 93.3 cm³/mol. The number of nitrogens with zero attached hydrogens (tertiary/aromatic N) is 5. The van der Waals surface area contributed by atoms with Gasteiger partial charge in [-0.3, -0.25) is 9.47 Å². The van der Waals surface area contributed by atoms with Gasteiger partial charge in [0.1, 0.15) is 24.3 Å². The number of rotatable bonds is 7. The van der Waals surface area contributed by atoms with Gasteiger partial charge in [-0.05, 0) is 12.3 Å². The summed E-state index contributed by atoms with van der Waals surface area (Å²) in [6.45, 7) is 9.08. The minimum atomic E-state index is 0.487. The molecular weight excluding hydrogens is 304 g/mol. The average Bonchev–Trinajstić information content (AvgIpc) is 3.14. The molecule has 0 saturated carbocycles. The molecule has 24 heavy (non-hydrogen) atoms. The van der Waals surface area contributed by atoms with E-state index in [1.54, 1.807) is 18.9 Å². The van der Waals surface area contributed by atoms with E-state index in [-0.39, 0.29) is 0 Å². The Balaban J connectivity index is 1.64. The van der Waals surface area contributed by atoms with Crippen molar-refractivity contribution in [3.63, 3.8) is 0 Å². The van der Waals surface area contributed by atoms with Gasteiger partial charge in [0, 0.05) is 44.1 Å². The molecule has 1 saturated heterocycles. The quantitative estimate of drug-likeness (QED) is 0.835. The van der Waals surface area contributed by atoms with E-state index in [4.69, 9.17) is 4.74 Å². The zero-order valence-corrected chi connectivity index (χ0v) is 14.4.